The lowest BCUT2D eigenvalue weighted by Crippen LogP contribution is -2.17. The third kappa shape index (κ3) is 2.88. The number of anilines is 1. The van der Waals surface area contributed by atoms with Crippen molar-refractivity contribution in [3.8, 4) is 11.5 Å². The molecular formula is C16H14BrNO3. The summed E-state index contributed by atoms with van der Waals surface area (Å²) in [5.74, 6) is 1.22. The molecule has 0 radical (unpaired) electrons. The molecule has 4 nitrogen and oxygen atoms in total. The van der Waals surface area contributed by atoms with Gasteiger partial charge in [0.1, 0.15) is 13.2 Å². The van der Waals surface area contributed by atoms with Crippen LogP contribution < -0.4 is 14.8 Å². The van der Waals surface area contributed by atoms with E-state index in [0.717, 1.165) is 10.0 Å². The van der Waals surface area contributed by atoms with Crippen LogP contribution in [0.4, 0.5) is 5.69 Å². The van der Waals surface area contributed by atoms with Crippen LogP contribution in [0.5, 0.6) is 11.5 Å². The Morgan fingerprint density at radius 3 is 2.71 bits per heavy atom. The van der Waals surface area contributed by atoms with Gasteiger partial charge in [-0.2, -0.15) is 0 Å². The highest BCUT2D eigenvalue weighted by Gasteiger charge is 2.14. The van der Waals surface area contributed by atoms with Crippen LogP contribution in [0, 0.1) is 6.92 Å². The van der Waals surface area contributed by atoms with Gasteiger partial charge in [0.15, 0.2) is 11.5 Å². The standard InChI is InChI=1S/C16H14BrNO3/c1-10-12(3-2-4-13(10)17)16(19)18-11-5-6-14-15(9-11)21-8-7-20-14/h2-6,9H,7-8H2,1H3,(H,18,19). The van der Waals surface area contributed by atoms with E-state index >= 15 is 0 Å². The van der Waals surface area contributed by atoms with Crippen molar-refractivity contribution in [2.75, 3.05) is 18.5 Å². The summed E-state index contributed by atoms with van der Waals surface area (Å²) in [5.41, 5.74) is 2.23. The van der Waals surface area contributed by atoms with Crippen LogP contribution >= 0.6 is 15.9 Å². The van der Waals surface area contributed by atoms with E-state index in [1.165, 1.54) is 0 Å². The summed E-state index contributed by atoms with van der Waals surface area (Å²) in [6, 6.07) is 10.9. The molecule has 1 N–H and O–H groups in total. The Kier molecular flexibility index (Phi) is 3.84. The average Bonchev–Trinajstić information content (AvgIpc) is 2.50. The summed E-state index contributed by atoms with van der Waals surface area (Å²) in [4.78, 5) is 12.4. The van der Waals surface area contributed by atoms with Gasteiger partial charge in [-0.1, -0.05) is 22.0 Å². The van der Waals surface area contributed by atoms with Crippen molar-refractivity contribution in [3.63, 3.8) is 0 Å². The zero-order valence-electron chi connectivity index (χ0n) is 11.5. The fraction of sp³-hybridized carbons (Fsp3) is 0.188. The minimum Gasteiger partial charge on any atom is -0.486 e. The number of amides is 1. The molecule has 0 aliphatic carbocycles. The first-order valence-electron chi connectivity index (χ1n) is 6.61. The van der Waals surface area contributed by atoms with Gasteiger partial charge in [-0.15, -0.1) is 0 Å². The van der Waals surface area contributed by atoms with Gasteiger partial charge in [0, 0.05) is 21.8 Å². The molecule has 0 saturated carbocycles. The average molecular weight is 348 g/mol. The smallest absolute Gasteiger partial charge is 0.255 e. The second-order valence-electron chi connectivity index (χ2n) is 4.72. The third-order valence-electron chi connectivity index (χ3n) is 3.31. The molecule has 0 unspecified atom stereocenters. The Hall–Kier alpha value is -2.01. The molecule has 3 rings (SSSR count). The second kappa shape index (κ2) is 5.77. The SMILES string of the molecule is Cc1c(Br)cccc1C(=O)Nc1ccc2c(c1)OCCO2. The van der Waals surface area contributed by atoms with Crippen molar-refractivity contribution in [3.05, 3.63) is 52.0 Å². The summed E-state index contributed by atoms with van der Waals surface area (Å²) < 4.78 is 11.9. The topological polar surface area (TPSA) is 47.6 Å². The predicted molar refractivity (Wildman–Crippen MR) is 84.3 cm³/mol. The Balaban J connectivity index is 1.83. The highest BCUT2D eigenvalue weighted by atomic mass is 79.9. The van der Waals surface area contributed by atoms with Gasteiger partial charge >= 0.3 is 0 Å². The number of halogens is 1. The summed E-state index contributed by atoms with van der Waals surface area (Å²) >= 11 is 3.43. The fourth-order valence-corrected chi connectivity index (χ4v) is 2.54. The van der Waals surface area contributed by atoms with E-state index in [4.69, 9.17) is 9.47 Å². The first-order valence-corrected chi connectivity index (χ1v) is 7.40. The van der Waals surface area contributed by atoms with Gasteiger partial charge in [-0.3, -0.25) is 4.79 Å². The van der Waals surface area contributed by atoms with E-state index in [-0.39, 0.29) is 5.91 Å². The molecular weight excluding hydrogens is 334 g/mol. The highest BCUT2D eigenvalue weighted by molar-refractivity contribution is 9.10. The number of hydrogen-bond donors (Lipinski definition) is 1. The lowest BCUT2D eigenvalue weighted by atomic mass is 10.1. The van der Waals surface area contributed by atoms with Crippen molar-refractivity contribution in [2.24, 2.45) is 0 Å². The minimum absolute atomic E-state index is 0.148. The second-order valence-corrected chi connectivity index (χ2v) is 5.58. The van der Waals surface area contributed by atoms with Gasteiger partial charge in [0.05, 0.1) is 0 Å². The predicted octanol–water partition coefficient (Wildman–Crippen LogP) is 3.78. The van der Waals surface area contributed by atoms with Gasteiger partial charge in [-0.25, -0.2) is 0 Å². The molecule has 0 aromatic heterocycles. The van der Waals surface area contributed by atoms with Crippen LogP contribution in [-0.2, 0) is 0 Å². The molecule has 1 aliphatic rings. The maximum Gasteiger partial charge on any atom is 0.255 e. The summed E-state index contributed by atoms with van der Waals surface area (Å²) in [7, 11) is 0. The molecule has 0 fully saturated rings. The first kappa shape index (κ1) is 13.9. The highest BCUT2D eigenvalue weighted by Crippen LogP contribution is 2.32. The van der Waals surface area contributed by atoms with E-state index in [1.54, 1.807) is 24.3 Å². The van der Waals surface area contributed by atoms with Crippen LogP contribution in [0.2, 0.25) is 0 Å². The molecule has 1 heterocycles. The Labute approximate surface area is 131 Å². The van der Waals surface area contributed by atoms with E-state index in [0.29, 0.717) is 36.0 Å². The van der Waals surface area contributed by atoms with Crippen molar-refractivity contribution in [1.29, 1.82) is 0 Å². The zero-order chi connectivity index (χ0) is 14.8. The zero-order valence-corrected chi connectivity index (χ0v) is 13.1. The monoisotopic (exact) mass is 347 g/mol. The molecule has 1 aliphatic heterocycles. The van der Waals surface area contributed by atoms with Crippen molar-refractivity contribution in [1.82, 2.24) is 0 Å². The molecule has 0 saturated heterocycles. The Morgan fingerprint density at radius 1 is 1.14 bits per heavy atom. The van der Waals surface area contributed by atoms with Gasteiger partial charge in [0.2, 0.25) is 0 Å². The number of fused-ring (bicyclic) bond motifs is 1. The fourth-order valence-electron chi connectivity index (χ4n) is 2.17. The number of benzene rings is 2. The van der Waals surface area contributed by atoms with Gasteiger partial charge in [0.25, 0.3) is 5.91 Å². The number of rotatable bonds is 2. The van der Waals surface area contributed by atoms with Gasteiger partial charge < -0.3 is 14.8 Å². The maximum absolute atomic E-state index is 12.4. The Bertz CT molecular complexity index is 700. The molecule has 0 bridgehead atoms. The number of carbonyl (C=O) groups excluding carboxylic acids is 1. The van der Waals surface area contributed by atoms with Crippen molar-refractivity contribution < 1.29 is 14.3 Å². The minimum atomic E-state index is -0.148. The largest absolute Gasteiger partial charge is 0.486 e. The number of carbonyl (C=O) groups is 1. The molecule has 2 aromatic rings. The van der Waals surface area contributed by atoms with Crippen molar-refractivity contribution >= 4 is 27.5 Å². The molecule has 5 heteroatoms. The molecule has 21 heavy (non-hydrogen) atoms. The van der Waals surface area contributed by atoms with E-state index in [1.807, 2.05) is 19.1 Å². The quantitative estimate of drug-likeness (QED) is 0.899. The number of ether oxygens (including phenoxy) is 2. The molecule has 1 amide bonds. The summed E-state index contributed by atoms with van der Waals surface area (Å²) in [6.45, 7) is 2.98. The van der Waals surface area contributed by atoms with Gasteiger partial charge in [-0.05, 0) is 36.8 Å². The van der Waals surface area contributed by atoms with E-state index in [9.17, 15) is 4.79 Å². The van der Waals surface area contributed by atoms with Crippen LogP contribution in [0.3, 0.4) is 0 Å². The lowest BCUT2D eigenvalue weighted by Gasteiger charge is -2.19. The first-order chi connectivity index (χ1) is 10.1. The number of nitrogens with one attached hydrogen (secondary N) is 1. The van der Waals surface area contributed by atoms with Crippen LogP contribution in [0.15, 0.2) is 40.9 Å². The summed E-state index contributed by atoms with van der Waals surface area (Å²) in [6.07, 6.45) is 0. The molecule has 2 aromatic carbocycles. The normalized spacial score (nSPS) is 12.9. The maximum atomic E-state index is 12.4. The van der Waals surface area contributed by atoms with E-state index in [2.05, 4.69) is 21.2 Å². The van der Waals surface area contributed by atoms with Crippen LogP contribution in [0.25, 0.3) is 0 Å². The van der Waals surface area contributed by atoms with Crippen LogP contribution in [0.1, 0.15) is 15.9 Å². The summed E-state index contributed by atoms with van der Waals surface area (Å²) in [5, 5.41) is 2.88. The van der Waals surface area contributed by atoms with Crippen molar-refractivity contribution in [2.45, 2.75) is 6.92 Å². The third-order valence-corrected chi connectivity index (χ3v) is 4.17. The molecule has 0 atom stereocenters. The molecule has 108 valence electrons. The number of hydrogen-bond acceptors (Lipinski definition) is 3. The van der Waals surface area contributed by atoms with E-state index < -0.39 is 0 Å². The van der Waals surface area contributed by atoms with Crippen LogP contribution in [-0.4, -0.2) is 19.1 Å². The lowest BCUT2D eigenvalue weighted by molar-refractivity contribution is 0.102. The Morgan fingerprint density at radius 2 is 1.90 bits per heavy atom. The molecule has 0 spiro atoms.